The molecule has 2 rings (SSSR count). The SMILES string of the molecule is CN(CC1(N(C)C)CCC1)c1c(Cl)cc(N)cc1C(N)=O. The Hall–Kier alpha value is -1.46. The van der Waals surface area contributed by atoms with E-state index < -0.39 is 5.91 Å². The number of likely N-dealkylation sites (N-methyl/N-ethyl adjacent to an activating group) is 2. The van der Waals surface area contributed by atoms with E-state index in [9.17, 15) is 4.79 Å². The minimum Gasteiger partial charge on any atom is -0.399 e. The van der Waals surface area contributed by atoms with Crippen LogP contribution in [0.1, 0.15) is 29.6 Å². The lowest BCUT2D eigenvalue weighted by atomic mass is 9.75. The second-order valence-electron chi connectivity index (χ2n) is 6.09. The summed E-state index contributed by atoms with van der Waals surface area (Å²) in [5.74, 6) is -0.515. The van der Waals surface area contributed by atoms with Gasteiger partial charge in [-0.3, -0.25) is 4.79 Å². The Kier molecular flexibility index (Phi) is 4.35. The fraction of sp³-hybridized carbons (Fsp3) is 0.533. The second kappa shape index (κ2) is 5.73. The molecule has 0 saturated heterocycles. The number of carbonyl (C=O) groups is 1. The molecule has 1 aromatic carbocycles. The highest BCUT2D eigenvalue weighted by Gasteiger charge is 2.40. The highest BCUT2D eigenvalue weighted by atomic mass is 35.5. The van der Waals surface area contributed by atoms with Crippen molar-refractivity contribution in [2.45, 2.75) is 24.8 Å². The number of hydrogen-bond acceptors (Lipinski definition) is 4. The van der Waals surface area contributed by atoms with Crippen molar-refractivity contribution >= 4 is 28.9 Å². The van der Waals surface area contributed by atoms with E-state index >= 15 is 0 Å². The molecule has 6 heteroatoms. The van der Waals surface area contributed by atoms with Crippen molar-refractivity contribution in [3.63, 3.8) is 0 Å². The number of benzene rings is 1. The molecule has 5 nitrogen and oxygen atoms in total. The molecular formula is C15H23ClN4O. The predicted octanol–water partition coefficient (Wildman–Crippen LogP) is 1.94. The highest BCUT2D eigenvalue weighted by Crippen LogP contribution is 2.39. The van der Waals surface area contributed by atoms with Crippen LogP contribution >= 0.6 is 11.6 Å². The standard InChI is InChI=1S/C15H23ClN4O/c1-19(2)15(5-4-6-15)9-20(3)13-11(14(18)21)7-10(17)8-12(13)16/h7-8H,4-6,9,17H2,1-3H3,(H2,18,21). The van der Waals surface area contributed by atoms with Gasteiger partial charge in [-0.15, -0.1) is 0 Å². The van der Waals surface area contributed by atoms with Crippen LogP contribution in [0.2, 0.25) is 5.02 Å². The Bertz CT molecular complexity index is 555. The fourth-order valence-corrected chi connectivity index (χ4v) is 3.42. The predicted molar refractivity (Wildman–Crippen MR) is 87.9 cm³/mol. The maximum absolute atomic E-state index is 11.7. The molecule has 0 bridgehead atoms. The molecule has 116 valence electrons. The lowest BCUT2D eigenvalue weighted by Crippen LogP contribution is -2.57. The molecule has 1 aliphatic rings. The van der Waals surface area contributed by atoms with E-state index in [1.807, 2.05) is 11.9 Å². The third kappa shape index (κ3) is 2.94. The van der Waals surface area contributed by atoms with Crippen molar-refractivity contribution in [1.82, 2.24) is 4.90 Å². The zero-order chi connectivity index (χ0) is 15.8. The lowest BCUT2D eigenvalue weighted by Gasteiger charge is -2.49. The second-order valence-corrected chi connectivity index (χ2v) is 6.50. The van der Waals surface area contributed by atoms with Crippen LogP contribution in [0.25, 0.3) is 0 Å². The molecule has 4 N–H and O–H groups in total. The van der Waals surface area contributed by atoms with Crippen molar-refractivity contribution < 1.29 is 4.79 Å². The summed E-state index contributed by atoms with van der Waals surface area (Å²) in [7, 11) is 6.12. The summed E-state index contributed by atoms with van der Waals surface area (Å²) >= 11 is 6.30. The van der Waals surface area contributed by atoms with Gasteiger partial charge in [0.15, 0.2) is 0 Å². The van der Waals surface area contributed by atoms with E-state index in [1.54, 1.807) is 12.1 Å². The monoisotopic (exact) mass is 310 g/mol. The molecule has 0 heterocycles. The Morgan fingerprint density at radius 2 is 1.95 bits per heavy atom. The topological polar surface area (TPSA) is 75.6 Å². The number of nitrogens with two attached hydrogens (primary N) is 2. The minimum atomic E-state index is -0.515. The first-order chi connectivity index (χ1) is 9.77. The van der Waals surface area contributed by atoms with Gasteiger partial charge in [0.2, 0.25) is 0 Å². The maximum atomic E-state index is 11.7. The van der Waals surface area contributed by atoms with Crippen LogP contribution in [-0.4, -0.2) is 44.0 Å². The van der Waals surface area contributed by atoms with Gasteiger partial charge in [-0.05, 0) is 45.5 Å². The van der Waals surface area contributed by atoms with Gasteiger partial charge in [-0.1, -0.05) is 11.6 Å². The van der Waals surface area contributed by atoms with Gasteiger partial charge in [0.05, 0.1) is 16.3 Å². The van der Waals surface area contributed by atoms with Gasteiger partial charge in [0, 0.05) is 24.8 Å². The van der Waals surface area contributed by atoms with E-state index in [2.05, 4.69) is 19.0 Å². The summed E-state index contributed by atoms with van der Waals surface area (Å²) in [6.45, 7) is 0.796. The molecule has 1 saturated carbocycles. The van der Waals surface area contributed by atoms with Crippen LogP contribution in [-0.2, 0) is 0 Å². The Balaban J connectivity index is 2.35. The van der Waals surface area contributed by atoms with Crippen molar-refractivity contribution in [2.24, 2.45) is 5.73 Å². The zero-order valence-corrected chi connectivity index (χ0v) is 13.6. The zero-order valence-electron chi connectivity index (χ0n) is 12.8. The fourth-order valence-electron chi connectivity index (χ4n) is 3.05. The molecule has 0 unspecified atom stereocenters. The number of hydrogen-bond donors (Lipinski definition) is 2. The van der Waals surface area contributed by atoms with Crippen LogP contribution in [0.5, 0.6) is 0 Å². The van der Waals surface area contributed by atoms with E-state index in [0.717, 1.165) is 19.4 Å². The van der Waals surface area contributed by atoms with Crippen LogP contribution in [0, 0.1) is 0 Å². The molecule has 1 amide bonds. The van der Waals surface area contributed by atoms with E-state index in [4.69, 9.17) is 23.1 Å². The van der Waals surface area contributed by atoms with E-state index in [-0.39, 0.29) is 5.54 Å². The molecular weight excluding hydrogens is 288 g/mol. The summed E-state index contributed by atoms with van der Waals surface area (Å²) in [4.78, 5) is 16.0. The number of amides is 1. The number of anilines is 2. The lowest BCUT2D eigenvalue weighted by molar-refractivity contribution is 0.0682. The van der Waals surface area contributed by atoms with Gasteiger partial charge >= 0.3 is 0 Å². The number of nitrogen functional groups attached to an aromatic ring is 1. The average Bonchev–Trinajstić information content (AvgIpc) is 2.31. The van der Waals surface area contributed by atoms with Crippen molar-refractivity contribution in [1.29, 1.82) is 0 Å². The molecule has 0 spiro atoms. The summed E-state index contributed by atoms with van der Waals surface area (Å²) in [5, 5.41) is 0.458. The molecule has 0 aromatic heterocycles. The molecule has 1 fully saturated rings. The third-order valence-corrected chi connectivity index (χ3v) is 4.79. The van der Waals surface area contributed by atoms with Crippen LogP contribution in [0.3, 0.4) is 0 Å². The number of nitrogens with zero attached hydrogens (tertiary/aromatic N) is 2. The first-order valence-electron chi connectivity index (χ1n) is 7.04. The van der Waals surface area contributed by atoms with Crippen molar-refractivity contribution in [3.05, 3.63) is 22.7 Å². The van der Waals surface area contributed by atoms with Gasteiger partial charge < -0.3 is 21.3 Å². The number of primary amides is 1. The maximum Gasteiger partial charge on any atom is 0.250 e. The summed E-state index contributed by atoms with van der Waals surface area (Å²) in [6, 6.07) is 3.24. The number of rotatable bonds is 5. The van der Waals surface area contributed by atoms with Crippen LogP contribution < -0.4 is 16.4 Å². The van der Waals surface area contributed by atoms with E-state index in [1.165, 1.54) is 6.42 Å². The smallest absolute Gasteiger partial charge is 0.250 e. The normalized spacial score (nSPS) is 16.6. The van der Waals surface area contributed by atoms with Gasteiger partial charge in [0.1, 0.15) is 0 Å². The summed E-state index contributed by atoms with van der Waals surface area (Å²) < 4.78 is 0. The van der Waals surface area contributed by atoms with Crippen LogP contribution in [0.15, 0.2) is 12.1 Å². The van der Waals surface area contributed by atoms with Crippen molar-refractivity contribution in [2.75, 3.05) is 38.3 Å². The summed E-state index contributed by atoms with van der Waals surface area (Å²) in [5.41, 5.74) is 12.8. The van der Waals surface area contributed by atoms with Gasteiger partial charge in [-0.25, -0.2) is 0 Å². The van der Waals surface area contributed by atoms with Gasteiger partial charge in [0.25, 0.3) is 5.91 Å². The average molecular weight is 311 g/mol. The third-order valence-electron chi connectivity index (χ3n) is 4.50. The highest BCUT2D eigenvalue weighted by molar-refractivity contribution is 6.34. The molecule has 21 heavy (non-hydrogen) atoms. The van der Waals surface area contributed by atoms with Crippen LogP contribution in [0.4, 0.5) is 11.4 Å². The Morgan fingerprint density at radius 1 is 1.33 bits per heavy atom. The molecule has 0 radical (unpaired) electrons. The number of carbonyl (C=O) groups excluding carboxylic acids is 1. The first-order valence-corrected chi connectivity index (χ1v) is 7.42. The first kappa shape index (κ1) is 15.9. The molecule has 0 aliphatic heterocycles. The Labute approximate surface area is 130 Å². The van der Waals surface area contributed by atoms with Gasteiger partial charge in [-0.2, -0.15) is 0 Å². The summed E-state index contributed by atoms with van der Waals surface area (Å²) in [6.07, 6.45) is 3.51. The molecule has 0 atom stereocenters. The molecule has 1 aromatic rings. The Morgan fingerprint density at radius 3 is 2.38 bits per heavy atom. The largest absolute Gasteiger partial charge is 0.399 e. The molecule has 1 aliphatic carbocycles. The van der Waals surface area contributed by atoms with E-state index in [0.29, 0.717) is 22.0 Å². The van der Waals surface area contributed by atoms with Crippen molar-refractivity contribution in [3.8, 4) is 0 Å². The number of halogens is 1. The minimum absolute atomic E-state index is 0.133. The quantitative estimate of drug-likeness (QED) is 0.815.